The van der Waals surface area contributed by atoms with Crippen molar-refractivity contribution >= 4 is 5.91 Å². The minimum absolute atomic E-state index is 0.275. The summed E-state index contributed by atoms with van der Waals surface area (Å²) in [6, 6.07) is 0.719. The van der Waals surface area contributed by atoms with Crippen LogP contribution in [0.25, 0.3) is 0 Å². The summed E-state index contributed by atoms with van der Waals surface area (Å²) in [4.78, 5) is 17.0. The molecule has 5 heteroatoms. The number of rotatable bonds is 5. The van der Waals surface area contributed by atoms with Crippen LogP contribution in [0.1, 0.15) is 45.4 Å². The summed E-state index contributed by atoms with van der Waals surface area (Å²) in [7, 11) is 1.76. The molecule has 2 N–H and O–H groups in total. The van der Waals surface area contributed by atoms with Crippen molar-refractivity contribution < 1.29 is 9.53 Å². The highest BCUT2D eigenvalue weighted by Crippen LogP contribution is 2.22. The maximum atomic E-state index is 12.7. The van der Waals surface area contributed by atoms with Crippen molar-refractivity contribution in [1.82, 2.24) is 9.80 Å². The average Bonchev–Trinajstić information content (AvgIpc) is 2.55. The van der Waals surface area contributed by atoms with Gasteiger partial charge in [-0.2, -0.15) is 0 Å². The van der Waals surface area contributed by atoms with Crippen molar-refractivity contribution in [1.29, 1.82) is 0 Å². The van der Waals surface area contributed by atoms with Crippen LogP contribution in [0.3, 0.4) is 0 Å². The first-order valence-corrected chi connectivity index (χ1v) is 8.46. The van der Waals surface area contributed by atoms with Gasteiger partial charge < -0.3 is 15.4 Å². The van der Waals surface area contributed by atoms with E-state index in [4.69, 9.17) is 10.5 Å². The predicted molar refractivity (Wildman–Crippen MR) is 84.1 cm³/mol. The number of methoxy groups -OCH3 is 1. The molecule has 21 heavy (non-hydrogen) atoms. The van der Waals surface area contributed by atoms with E-state index in [9.17, 15) is 4.79 Å². The Balaban J connectivity index is 1.91. The van der Waals surface area contributed by atoms with Gasteiger partial charge in [0.05, 0.1) is 12.6 Å². The standard InChI is InChI=1S/C16H31N3O2/c1-3-13-6-4-5-8-19(13)16(20)12-18-9-7-15(21-2)10-14(18)11-17/h13-15H,3-12,17H2,1-2H3. The molecule has 0 aromatic carbocycles. The first-order chi connectivity index (χ1) is 10.2. The molecule has 0 radical (unpaired) electrons. The van der Waals surface area contributed by atoms with Crippen LogP contribution in [0, 0.1) is 0 Å². The highest BCUT2D eigenvalue weighted by molar-refractivity contribution is 5.78. The number of nitrogens with two attached hydrogens (primary N) is 1. The summed E-state index contributed by atoms with van der Waals surface area (Å²) in [6.07, 6.45) is 6.87. The van der Waals surface area contributed by atoms with Gasteiger partial charge in [-0.05, 0) is 38.5 Å². The molecule has 122 valence electrons. The van der Waals surface area contributed by atoms with E-state index in [1.54, 1.807) is 7.11 Å². The number of amides is 1. The summed E-state index contributed by atoms with van der Waals surface area (Å²) in [5.74, 6) is 0.288. The zero-order chi connectivity index (χ0) is 15.2. The Morgan fingerprint density at radius 3 is 2.71 bits per heavy atom. The molecule has 3 atom stereocenters. The van der Waals surface area contributed by atoms with Gasteiger partial charge in [-0.25, -0.2) is 0 Å². The number of carbonyl (C=O) groups excluding carboxylic acids is 1. The Labute approximate surface area is 128 Å². The molecule has 2 fully saturated rings. The summed E-state index contributed by atoms with van der Waals surface area (Å²) in [5, 5.41) is 0. The molecule has 0 aliphatic carbocycles. The van der Waals surface area contributed by atoms with E-state index in [-0.39, 0.29) is 11.9 Å². The lowest BCUT2D eigenvalue weighted by atomic mass is 9.98. The number of piperidine rings is 2. The van der Waals surface area contributed by atoms with Crippen LogP contribution in [0.5, 0.6) is 0 Å². The number of hydrogen-bond donors (Lipinski definition) is 1. The van der Waals surface area contributed by atoms with E-state index in [2.05, 4.69) is 16.7 Å². The molecule has 2 rings (SSSR count). The van der Waals surface area contributed by atoms with Gasteiger partial charge in [0.25, 0.3) is 0 Å². The van der Waals surface area contributed by atoms with Crippen LogP contribution in [0.2, 0.25) is 0 Å². The van der Waals surface area contributed by atoms with Crippen LogP contribution in [0.15, 0.2) is 0 Å². The second kappa shape index (κ2) is 8.11. The largest absolute Gasteiger partial charge is 0.381 e. The van der Waals surface area contributed by atoms with Gasteiger partial charge in [0.15, 0.2) is 0 Å². The monoisotopic (exact) mass is 297 g/mol. The molecule has 2 heterocycles. The number of hydrogen-bond acceptors (Lipinski definition) is 4. The molecule has 0 saturated carbocycles. The minimum Gasteiger partial charge on any atom is -0.381 e. The van der Waals surface area contributed by atoms with Crippen LogP contribution < -0.4 is 5.73 Å². The Kier molecular flexibility index (Phi) is 6.45. The van der Waals surface area contributed by atoms with Gasteiger partial charge in [0, 0.05) is 38.8 Å². The number of nitrogens with zero attached hydrogens (tertiary/aromatic N) is 2. The van der Waals surface area contributed by atoms with E-state index < -0.39 is 0 Å². The molecule has 2 aliphatic rings. The second-order valence-electron chi connectivity index (χ2n) is 6.39. The quantitative estimate of drug-likeness (QED) is 0.829. The molecule has 0 bridgehead atoms. The van der Waals surface area contributed by atoms with E-state index in [1.165, 1.54) is 6.42 Å². The molecule has 5 nitrogen and oxygen atoms in total. The molecule has 0 spiro atoms. The minimum atomic E-state index is 0.275. The molecular formula is C16H31N3O2. The maximum Gasteiger partial charge on any atom is 0.237 e. The van der Waals surface area contributed by atoms with Gasteiger partial charge in [-0.1, -0.05) is 6.92 Å². The molecule has 0 aromatic heterocycles. The second-order valence-corrected chi connectivity index (χ2v) is 6.39. The SMILES string of the molecule is CCC1CCCCN1C(=O)CN1CCC(OC)CC1CN. The highest BCUT2D eigenvalue weighted by Gasteiger charge is 2.32. The lowest BCUT2D eigenvalue weighted by molar-refractivity contribution is -0.137. The Hall–Kier alpha value is -0.650. The van der Waals surface area contributed by atoms with E-state index in [0.29, 0.717) is 25.2 Å². The van der Waals surface area contributed by atoms with Gasteiger partial charge >= 0.3 is 0 Å². The van der Waals surface area contributed by atoms with Gasteiger partial charge in [0.1, 0.15) is 0 Å². The molecular weight excluding hydrogens is 266 g/mol. The van der Waals surface area contributed by atoms with Crippen molar-refractivity contribution in [2.45, 2.75) is 63.6 Å². The van der Waals surface area contributed by atoms with E-state index >= 15 is 0 Å². The Bertz CT molecular complexity index is 337. The number of carbonyl (C=O) groups is 1. The Morgan fingerprint density at radius 2 is 2.05 bits per heavy atom. The van der Waals surface area contributed by atoms with E-state index in [0.717, 1.165) is 45.2 Å². The molecule has 1 amide bonds. The third kappa shape index (κ3) is 4.18. The van der Waals surface area contributed by atoms with Crippen molar-refractivity contribution in [3.8, 4) is 0 Å². The van der Waals surface area contributed by atoms with Crippen LogP contribution in [0.4, 0.5) is 0 Å². The van der Waals surface area contributed by atoms with Gasteiger partial charge in [-0.3, -0.25) is 9.69 Å². The zero-order valence-corrected chi connectivity index (χ0v) is 13.6. The zero-order valence-electron chi connectivity index (χ0n) is 13.6. The first-order valence-electron chi connectivity index (χ1n) is 8.46. The fraction of sp³-hybridized carbons (Fsp3) is 0.938. The van der Waals surface area contributed by atoms with Crippen molar-refractivity contribution in [2.75, 3.05) is 33.3 Å². The average molecular weight is 297 g/mol. The van der Waals surface area contributed by atoms with Gasteiger partial charge in [0.2, 0.25) is 5.91 Å². The fourth-order valence-corrected chi connectivity index (χ4v) is 3.75. The summed E-state index contributed by atoms with van der Waals surface area (Å²) in [6.45, 7) is 5.15. The smallest absolute Gasteiger partial charge is 0.237 e. The highest BCUT2D eigenvalue weighted by atomic mass is 16.5. The van der Waals surface area contributed by atoms with Crippen LogP contribution in [-0.2, 0) is 9.53 Å². The third-order valence-electron chi connectivity index (χ3n) is 5.15. The summed E-state index contributed by atoms with van der Waals surface area (Å²) < 4.78 is 5.45. The normalized spacial score (nSPS) is 31.4. The Morgan fingerprint density at radius 1 is 1.24 bits per heavy atom. The van der Waals surface area contributed by atoms with Crippen LogP contribution in [-0.4, -0.2) is 67.2 Å². The topological polar surface area (TPSA) is 58.8 Å². The predicted octanol–water partition coefficient (Wildman–Crippen LogP) is 1.22. The molecule has 2 aliphatic heterocycles. The lowest BCUT2D eigenvalue weighted by Crippen LogP contribution is -2.54. The summed E-state index contributed by atoms with van der Waals surface area (Å²) >= 11 is 0. The van der Waals surface area contributed by atoms with E-state index in [1.807, 2.05) is 0 Å². The molecule has 2 saturated heterocycles. The molecule has 3 unspecified atom stereocenters. The number of ether oxygens (including phenoxy) is 1. The van der Waals surface area contributed by atoms with Crippen molar-refractivity contribution in [3.05, 3.63) is 0 Å². The summed E-state index contributed by atoms with van der Waals surface area (Å²) in [5.41, 5.74) is 5.90. The molecule has 0 aromatic rings. The lowest BCUT2D eigenvalue weighted by Gasteiger charge is -2.41. The first kappa shape index (κ1) is 16.7. The van der Waals surface area contributed by atoms with Crippen molar-refractivity contribution in [3.63, 3.8) is 0 Å². The van der Waals surface area contributed by atoms with Crippen LogP contribution >= 0.6 is 0 Å². The van der Waals surface area contributed by atoms with Crippen molar-refractivity contribution in [2.24, 2.45) is 5.73 Å². The number of likely N-dealkylation sites (tertiary alicyclic amines) is 2. The van der Waals surface area contributed by atoms with Gasteiger partial charge in [-0.15, -0.1) is 0 Å². The maximum absolute atomic E-state index is 12.7. The third-order valence-corrected chi connectivity index (χ3v) is 5.15. The fourth-order valence-electron chi connectivity index (χ4n) is 3.75.